The van der Waals surface area contributed by atoms with Gasteiger partial charge in [0.05, 0.1) is 4.47 Å². The molecular weight excluding hydrogens is 415 g/mol. The van der Waals surface area contributed by atoms with Gasteiger partial charge in [-0.1, -0.05) is 12.1 Å². The molecule has 0 bridgehead atoms. The molecule has 1 aliphatic heterocycles. The van der Waals surface area contributed by atoms with Crippen LogP contribution in [0.5, 0.6) is 0 Å². The summed E-state index contributed by atoms with van der Waals surface area (Å²) in [5, 5.41) is 0. The van der Waals surface area contributed by atoms with Gasteiger partial charge >= 0.3 is 6.61 Å². The minimum absolute atomic E-state index is 0.0161. The molecule has 9 heteroatoms. The zero-order chi connectivity index (χ0) is 19.1. The van der Waals surface area contributed by atoms with E-state index >= 15 is 0 Å². The van der Waals surface area contributed by atoms with Gasteiger partial charge in [-0.3, -0.25) is 9.69 Å². The topological polar surface area (TPSA) is 67.9 Å². The van der Waals surface area contributed by atoms with Crippen molar-refractivity contribution >= 4 is 27.8 Å². The number of hydrogen-bond donors (Lipinski definition) is 1. The average molecular weight is 430 g/mol. The Morgan fingerprint density at radius 3 is 2.69 bits per heavy atom. The molecule has 3 rings (SSSR count). The molecule has 1 heterocycles. The van der Waals surface area contributed by atoms with Gasteiger partial charge in [-0.15, -0.1) is 0 Å². The second-order valence-corrected chi connectivity index (χ2v) is 6.77. The molecule has 2 aliphatic rings. The smallest absolute Gasteiger partial charge is 0.387 e. The quantitative estimate of drug-likeness (QED) is 0.798. The normalized spacial score (nSPS) is 25.5. The van der Waals surface area contributed by atoms with Gasteiger partial charge in [0.1, 0.15) is 11.6 Å². The lowest BCUT2D eigenvalue weighted by Gasteiger charge is -2.33. The predicted molar refractivity (Wildman–Crippen MR) is 92.6 cm³/mol. The van der Waals surface area contributed by atoms with Crippen molar-refractivity contribution in [3.8, 4) is 0 Å². The number of halogens is 4. The Labute approximate surface area is 156 Å². The van der Waals surface area contributed by atoms with E-state index in [9.17, 15) is 18.0 Å². The first-order valence-electron chi connectivity index (χ1n) is 7.68. The summed E-state index contributed by atoms with van der Waals surface area (Å²) < 4.78 is 43.0. The Bertz CT molecular complexity index is 841. The minimum atomic E-state index is -2.93. The Hall–Kier alpha value is -2.29. The van der Waals surface area contributed by atoms with E-state index in [-0.39, 0.29) is 28.5 Å². The lowest BCUT2D eigenvalue weighted by Crippen LogP contribution is -2.44. The predicted octanol–water partition coefficient (Wildman–Crippen LogP) is 3.27. The van der Waals surface area contributed by atoms with Crippen molar-refractivity contribution in [2.75, 3.05) is 7.05 Å². The summed E-state index contributed by atoms with van der Waals surface area (Å²) in [7, 11) is 1.50. The van der Waals surface area contributed by atoms with Crippen LogP contribution in [0.1, 0.15) is 12.0 Å². The molecule has 0 saturated carbocycles. The van der Waals surface area contributed by atoms with Gasteiger partial charge in [0.25, 0.3) is 5.91 Å². The number of rotatable bonds is 4. The second kappa shape index (κ2) is 6.79. The number of alkyl halides is 2. The van der Waals surface area contributed by atoms with E-state index in [2.05, 4.69) is 25.7 Å². The van der Waals surface area contributed by atoms with Gasteiger partial charge in [0.15, 0.2) is 11.5 Å². The highest BCUT2D eigenvalue weighted by Gasteiger charge is 2.52. The number of carbonyl (C=O) groups is 1. The first kappa shape index (κ1) is 18.5. The van der Waals surface area contributed by atoms with Gasteiger partial charge in [-0.25, -0.2) is 9.38 Å². The fourth-order valence-electron chi connectivity index (χ4n) is 3.14. The van der Waals surface area contributed by atoms with E-state index in [1.54, 1.807) is 6.08 Å². The summed E-state index contributed by atoms with van der Waals surface area (Å²) in [5.74, 6) is -1.31. The molecule has 1 aliphatic carbocycles. The van der Waals surface area contributed by atoms with Gasteiger partial charge in [-0.05, 0) is 52.2 Å². The number of allylic oxidation sites excluding steroid dienone is 2. The van der Waals surface area contributed by atoms with Crippen molar-refractivity contribution in [2.24, 2.45) is 16.6 Å². The van der Waals surface area contributed by atoms with E-state index in [4.69, 9.17) is 5.73 Å². The maximum atomic E-state index is 13.7. The summed E-state index contributed by atoms with van der Waals surface area (Å²) in [6.45, 7) is -2.93. The number of nitrogens with two attached hydrogens (primary N) is 1. The molecule has 1 aromatic rings. The highest BCUT2D eigenvalue weighted by atomic mass is 79.9. The molecule has 0 saturated heterocycles. The first-order valence-corrected chi connectivity index (χ1v) is 8.47. The number of hydrogen-bond acceptors (Lipinski definition) is 4. The van der Waals surface area contributed by atoms with Crippen LogP contribution < -0.4 is 5.73 Å². The molecule has 26 heavy (non-hydrogen) atoms. The third-order valence-corrected chi connectivity index (χ3v) is 5.06. The molecule has 0 radical (unpaired) electrons. The zero-order valence-electron chi connectivity index (χ0n) is 13.6. The van der Waals surface area contributed by atoms with Crippen molar-refractivity contribution in [3.05, 3.63) is 58.0 Å². The number of ether oxygens (including phenoxy) is 1. The summed E-state index contributed by atoms with van der Waals surface area (Å²) in [6, 6.07) is 4.18. The van der Waals surface area contributed by atoms with Gasteiger partial charge in [0.2, 0.25) is 0 Å². The highest BCUT2D eigenvalue weighted by Crippen LogP contribution is 2.44. The number of nitrogens with zero attached hydrogens (tertiary/aromatic N) is 2. The van der Waals surface area contributed by atoms with Gasteiger partial charge in [0, 0.05) is 13.0 Å². The molecule has 1 amide bonds. The lowest BCUT2D eigenvalue weighted by molar-refractivity contribution is -0.132. The van der Waals surface area contributed by atoms with Crippen LogP contribution in [0.2, 0.25) is 0 Å². The molecule has 1 unspecified atom stereocenters. The van der Waals surface area contributed by atoms with Crippen LogP contribution in [0.25, 0.3) is 0 Å². The standard InChI is InChI=1S/C17H15BrF3N3O2/c1-24-14(25)17(23-16(24)22,10-4-7-13(19)12(18)8-10)9-2-5-11(6-3-9)26-15(20)21/h2,4-9,15H,3H2,1H3,(H2,22,23)/t9?,17-/m1/s1. The lowest BCUT2D eigenvalue weighted by atomic mass is 9.75. The fourth-order valence-corrected chi connectivity index (χ4v) is 3.52. The number of benzene rings is 1. The van der Waals surface area contributed by atoms with Gasteiger partial charge < -0.3 is 10.5 Å². The zero-order valence-corrected chi connectivity index (χ0v) is 15.2. The molecule has 2 atom stereocenters. The highest BCUT2D eigenvalue weighted by molar-refractivity contribution is 9.10. The van der Waals surface area contributed by atoms with E-state index in [0.717, 1.165) is 0 Å². The van der Waals surface area contributed by atoms with Crippen molar-refractivity contribution in [1.29, 1.82) is 0 Å². The first-order chi connectivity index (χ1) is 12.3. The van der Waals surface area contributed by atoms with E-state index in [1.807, 2.05) is 0 Å². The summed E-state index contributed by atoms with van der Waals surface area (Å²) in [4.78, 5) is 18.6. The van der Waals surface area contributed by atoms with E-state index in [0.29, 0.717) is 5.56 Å². The van der Waals surface area contributed by atoms with Crippen LogP contribution in [-0.4, -0.2) is 30.4 Å². The summed E-state index contributed by atoms with van der Waals surface area (Å²) in [6.07, 6.45) is 4.65. The molecule has 0 fully saturated rings. The number of amides is 1. The third-order valence-electron chi connectivity index (χ3n) is 4.45. The maximum Gasteiger partial charge on any atom is 0.387 e. The van der Waals surface area contributed by atoms with E-state index in [1.165, 1.54) is 42.3 Å². The number of carbonyl (C=O) groups excluding carboxylic acids is 1. The molecule has 0 spiro atoms. The average Bonchev–Trinajstić information content (AvgIpc) is 2.82. The molecule has 1 aromatic carbocycles. The van der Waals surface area contributed by atoms with E-state index < -0.39 is 23.9 Å². The number of aliphatic imine (C=N–C) groups is 1. The van der Waals surface area contributed by atoms with Crippen LogP contribution in [0, 0.1) is 11.7 Å². The van der Waals surface area contributed by atoms with Crippen LogP contribution >= 0.6 is 15.9 Å². The van der Waals surface area contributed by atoms with Crippen LogP contribution in [-0.2, 0) is 15.1 Å². The minimum Gasteiger partial charge on any atom is -0.435 e. The van der Waals surface area contributed by atoms with Crippen LogP contribution in [0.4, 0.5) is 13.2 Å². The third kappa shape index (κ3) is 3.00. The Morgan fingerprint density at radius 2 is 2.19 bits per heavy atom. The fraction of sp³-hybridized carbons (Fsp3) is 0.294. The van der Waals surface area contributed by atoms with Gasteiger partial charge in [-0.2, -0.15) is 8.78 Å². The van der Waals surface area contributed by atoms with Crippen LogP contribution in [0.15, 0.2) is 51.7 Å². The van der Waals surface area contributed by atoms with Crippen molar-refractivity contribution in [1.82, 2.24) is 4.90 Å². The maximum absolute atomic E-state index is 13.7. The Kier molecular flexibility index (Phi) is 4.83. The number of likely N-dealkylation sites (N-methyl/N-ethyl adjacent to an activating group) is 1. The summed E-state index contributed by atoms with van der Waals surface area (Å²) in [5.41, 5.74) is 4.90. The molecule has 2 N–H and O–H groups in total. The molecule has 138 valence electrons. The SMILES string of the molecule is CN1C(=O)[C@](c2ccc(F)c(Br)c2)(C2C=CC(OC(F)F)=CC2)N=C1N. The number of guanidine groups is 1. The molecule has 5 nitrogen and oxygen atoms in total. The van der Waals surface area contributed by atoms with Crippen LogP contribution in [0.3, 0.4) is 0 Å². The largest absolute Gasteiger partial charge is 0.435 e. The van der Waals surface area contributed by atoms with Crippen molar-refractivity contribution in [2.45, 2.75) is 18.6 Å². The molecule has 0 aromatic heterocycles. The molecular formula is C17H15BrF3N3O2. The Morgan fingerprint density at radius 1 is 1.46 bits per heavy atom. The van der Waals surface area contributed by atoms with Crippen molar-refractivity contribution < 1.29 is 22.7 Å². The van der Waals surface area contributed by atoms with Crippen molar-refractivity contribution in [3.63, 3.8) is 0 Å². The second-order valence-electron chi connectivity index (χ2n) is 5.92. The summed E-state index contributed by atoms with van der Waals surface area (Å²) >= 11 is 3.12. The Balaban J connectivity index is 2.04. The monoisotopic (exact) mass is 429 g/mol.